The fourth-order valence-corrected chi connectivity index (χ4v) is 2.03. The lowest BCUT2D eigenvalue weighted by Crippen LogP contribution is -2.23. The van der Waals surface area contributed by atoms with Crippen LogP contribution in [-0.4, -0.2) is 33.5 Å². The van der Waals surface area contributed by atoms with E-state index in [9.17, 15) is 0 Å². The molecule has 0 N–H and O–H groups in total. The topological polar surface area (TPSA) is 21.6 Å². The van der Waals surface area contributed by atoms with Gasteiger partial charge < -0.3 is 4.74 Å². The first-order valence-corrected chi connectivity index (χ1v) is 9.04. The van der Waals surface area contributed by atoms with Crippen molar-refractivity contribution in [3.05, 3.63) is 11.1 Å². The summed E-state index contributed by atoms with van der Waals surface area (Å²) in [5, 5.41) is 0.790. The lowest BCUT2D eigenvalue weighted by atomic mass is 10.3. The van der Waals surface area contributed by atoms with Gasteiger partial charge in [-0.05, 0) is 12.1 Å². The van der Waals surface area contributed by atoms with Crippen molar-refractivity contribution in [2.75, 3.05) is 13.2 Å². The zero-order valence-electron chi connectivity index (χ0n) is 9.09. The van der Waals surface area contributed by atoms with Crippen LogP contribution in [-0.2, 0) is 4.74 Å². The van der Waals surface area contributed by atoms with Crippen molar-refractivity contribution >= 4 is 25.9 Å². The molecular formula is C10H18ClNOSi. The van der Waals surface area contributed by atoms with Crippen LogP contribution < -0.4 is 0 Å². The minimum atomic E-state index is -0.962. The van der Waals surface area contributed by atoms with Crippen LogP contribution >= 0.6 is 11.6 Å². The van der Waals surface area contributed by atoms with E-state index in [4.69, 9.17) is 16.3 Å². The van der Waals surface area contributed by atoms with Gasteiger partial charge in [-0.1, -0.05) is 31.2 Å². The Bertz CT molecular complexity index is 245. The lowest BCUT2D eigenvalue weighted by Gasteiger charge is -2.16. The first-order valence-electron chi connectivity index (χ1n) is 4.96. The fraction of sp³-hybridized carbons (Fsp3) is 0.700. The SMILES string of the molecule is C[Si](C)(C)CCOCC1N=CC=C1Cl. The molecule has 0 bridgehead atoms. The highest BCUT2D eigenvalue weighted by molar-refractivity contribution is 6.76. The molecule has 0 radical (unpaired) electrons. The summed E-state index contributed by atoms with van der Waals surface area (Å²) in [7, 11) is -0.962. The van der Waals surface area contributed by atoms with Crippen LogP contribution in [0.5, 0.6) is 0 Å². The number of nitrogens with zero attached hydrogens (tertiary/aromatic N) is 1. The van der Waals surface area contributed by atoms with Crippen molar-refractivity contribution < 1.29 is 4.74 Å². The summed E-state index contributed by atoms with van der Waals surface area (Å²) in [6, 6.07) is 1.25. The molecule has 0 aromatic carbocycles. The predicted molar refractivity (Wildman–Crippen MR) is 65.2 cm³/mol. The Morgan fingerprint density at radius 3 is 2.71 bits per heavy atom. The minimum absolute atomic E-state index is 0.0540. The van der Waals surface area contributed by atoms with E-state index in [-0.39, 0.29) is 6.04 Å². The Morgan fingerprint density at radius 2 is 2.21 bits per heavy atom. The largest absolute Gasteiger partial charge is 0.379 e. The molecule has 0 saturated heterocycles. The Kier molecular flexibility index (Phi) is 4.35. The number of hydrogen-bond donors (Lipinski definition) is 0. The van der Waals surface area contributed by atoms with Crippen LogP contribution in [0.3, 0.4) is 0 Å². The molecule has 1 unspecified atom stereocenters. The van der Waals surface area contributed by atoms with E-state index < -0.39 is 8.07 Å². The van der Waals surface area contributed by atoms with Crippen LogP contribution in [0, 0.1) is 0 Å². The fourth-order valence-electron chi connectivity index (χ4n) is 1.10. The van der Waals surface area contributed by atoms with E-state index in [0.29, 0.717) is 6.61 Å². The van der Waals surface area contributed by atoms with Crippen LogP contribution in [0.25, 0.3) is 0 Å². The van der Waals surface area contributed by atoms with Gasteiger partial charge in [0.25, 0.3) is 0 Å². The molecule has 14 heavy (non-hydrogen) atoms. The second-order valence-corrected chi connectivity index (χ2v) is 10.8. The van der Waals surface area contributed by atoms with Gasteiger partial charge in [0.2, 0.25) is 0 Å². The molecule has 1 rings (SSSR count). The number of hydrogen-bond acceptors (Lipinski definition) is 2. The summed E-state index contributed by atoms with van der Waals surface area (Å²) >= 11 is 5.91. The highest BCUT2D eigenvalue weighted by atomic mass is 35.5. The van der Waals surface area contributed by atoms with Crippen LogP contribution in [0.4, 0.5) is 0 Å². The molecule has 0 saturated carbocycles. The van der Waals surface area contributed by atoms with E-state index in [0.717, 1.165) is 11.6 Å². The average Bonchev–Trinajstić information content (AvgIpc) is 2.44. The van der Waals surface area contributed by atoms with Gasteiger partial charge in [0.15, 0.2) is 0 Å². The van der Waals surface area contributed by atoms with Gasteiger partial charge in [-0.3, -0.25) is 4.99 Å². The Balaban J connectivity index is 2.11. The van der Waals surface area contributed by atoms with Crippen LogP contribution in [0.15, 0.2) is 16.1 Å². The van der Waals surface area contributed by atoms with Crippen molar-refractivity contribution in [1.82, 2.24) is 0 Å². The first kappa shape index (κ1) is 11.9. The molecule has 4 heteroatoms. The van der Waals surface area contributed by atoms with Crippen molar-refractivity contribution in [3.8, 4) is 0 Å². The molecule has 0 fully saturated rings. The standard InChI is InChI=1S/C10H18ClNOSi/c1-14(2,3)7-6-13-8-10-9(11)4-5-12-10/h4-5,10H,6-8H2,1-3H3. The molecule has 80 valence electrons. The second kappa shape index (κ2) is 5.10. The van der Waals surface area contributed by atoms with Gasteiger partial charge in [-0.15, -0.1) is 0 Å². The Morgan fingerprint density at radius 1 is 1.50 bits per heavy atom. The van der Waals surface area contributed by atoms with Crippen LogP contribution in [0.1, 0.15) is 0 Å². The van der Waals surface area contributed by atoms with Crippen molar-refractivity contribution in [3.63, 3.8) is 0 Å². The Labute approximate surface area is 92.0 Å². The first-order chi connectivity index (χ1) is 6.49. The number of allylic oxidation sites excluding steroid dienone is 1. The summed E-state index contributed by atoms with van der Waals surface area (Å²) in [4.78, 5) is 4.19. The van der Waals surface area contributed by atoms with Gasteiger partial charge in [0.1, 0.15) is 6.04 Å². The van der Waals surface area contributed by atoms with Gasteiger partial charge in [0, 0.05) is 25.9 Å². The molecule has 0 aromatic heterocycles. The quantitative estimate of drug-likeness (QED) is 0.527. The molecule has 0 aliphatic carbocycles. The normalized spacial score (nSPS) is 21.4. The second-order valence-electron chi connectivity index (χ2n) is 4.75. The van der Waals surface area contributed by atoms with E-state index in [1.165, 1.54) is 6.04 Å². The minimum Gasteiger partial charge on any atom is -0.379 e. The maximum atomic E-state index is 5.91. The van der Waals surface area contributed by atoms with Gasteiger partial charge in [-0.25, -0.2) is 0 Å². The van der Waals surface area contributed by atoms with Crippen molar-refractivity contribution in [2.45, 2.75) is 31.7 Å². The average molecular weight is 232 g/mol. The number of rotatable bonds is 5. The maximum absolute atomic E-state index is 5.91. The number of aliphatic imine (C=N–C) groups is 1. The molecule has 0 spiro atoms. The third kappa shape index (κ3) is 4.40. The van der Waals surface area contributed by atoms with Gasteiger partial charge in [-0.2, -0.15) is 0 Å². The van der Waals surface area contributed by atoms with Crippen molar-refractivity contribution in [1.29, 1.82) is 0 Å². The van der Waals surface area contributed by atoms with E-state index >= 15 is 0 Å². The van der Waals surface area contributed by atoms with E-state index in [1.807, 2.05) is 6.08 Å². The van der Waals surface area contributed by atoms with Crippen LogP contribution in [0.2, 0.25) is 25.7 Å². The van der Waals surface area contributed by atoms with E-state index in [1.54, 1.807) is 6.21 Å². The lowest BCUT2D eigenvalue weighted by molar-refractivity contribution is 0.142. The molecule has 0 aromatic rings. The predicted octanol–water partition coefficient (Wildman–Crippen LogP) is 2.92. The number of ether oxygens (including phenoxy) is 1. The summed E-state index contributed by atoms with van der Waals surface area (Å²) in [6.45, 7) is 8.49. The smallest absolute Gasteiger partial charge is 0.109 e. The van der Waals surface area contributed by atoms with Gasteiger partial charge in [0.05, 0.1) is 6.61 Å². The summed E-state index contributed by atoms with van der Waals surface area (Å²) in [6.07, 6.45) is 3.57. The highest BCUT2D eigenvalue weighted by Gasteiger charge is 2.16. The zero-order chi connectivity index (χ0) is 10.6. The van der Waals surface area contributed by atoms with Crippen molar-refractivity contribution in [2.24, 2.45) is 4.99 Å². The molecule has 1 aliphatic rings. The highest BCUT2D eigenvalue weighted by Crippen LogP contribution is 2.16. The molecule has 1 heterocycles. The Hall–Kier alpha value is -0.123. The molecular weight excluding hydrogens is 214 g/mol. The maximum Gasteiger partial charge on any atom is 0.109 e. The van der Waals surface area contributed by atoms with Gasteiger partial charge >= 0.3 is 0 Å². The molecule has 2 nitrogen and oxygen atoms in total. The summed E-state index contributed by atoms with van der Waals surface area (Å²) in [5.74, 6) is 0. The third-order valence-corrected chi connectivity index (χ3v) is 4.17. The third-order valence-electron chi connectivity index (χ3n) is 2.09. The molecule has 0 amide bonds. The molecule has 1 aliphatic heterocycles. The monoisotopic (exact) mass is 231 g/mol. The number of halogens is 1. The summed E-state index contributed by atoms with van der Waals surface area (Å²) in [5.41, 5.74) is 0. The summed E-state index contributed by atoms with van der Waals surface area (Å²) < 4.78 is 5.56. The zero-order valence-corrected chi connectivity index (χ0v) is 10.8. The molecule has 1 atom stereocenters. The van der Waals surface area contributed by atoms with E-state index in [2.05, 4.69) is 24.6 Å².